The van der Waals surface area contributed by atoms with Crippen molar-refractivity contribution in [2.45, 2.75) is 45.9 Å². The van der Waals surface area contributed by atoms with Gasteiger partial charge in [0.1, 0.15) is 23.4 Å². The molecule has 25 heavy (non-hydrogen) atoms. The molecule has 0 bridgehead atoms. The van der Waals surface area contributed by atoms with Crippen molar-refractivity contribution >= 4 is 16.3 Å². The minimum Gasteiger partial charge on any atom is -0.492 e. The highest BCUT2D eigenvalue weighted by molar-refractivity contribution is 7.17. The molecule has 3 unspecified atom stereocenters. The van der Waals surface area contributed by atoms with Gasteiger partial charge in [0.25, 0.3) is 0 Å². The first-order valence-electron chi connectivity index (χ1n) is 8.43. The van der Waals surface area contributed by atoms with E-state index >= 15 is 0 Å². The van der Waals surface area contributed by atoms with Gasteiger partial charge in [0, 0.05) is 13.1 Å². The number of aryl methyl sites for hydroxylation is 2. The summed E-state index contributed by atoms with van der Waals surface area (Å²) < 4.78 is 13.3. The number of aromatic nitrogens is 3. The molecule has 1 aliphatic heterocycles. The second-order valence-electron chi connectivity index (χ2n) is 6.71. The van der Waals surface area contributed by atoms with Crippen molar-refractivity contribution in [2.24, 2.45) is 0 Å². The quantitative estimate of drug-likeness (QED) is 0.772. The highest BCUT2D eigenvalue weighted by atomic mass is 32.1. The average Bonchev–Trinajstić information content (AvgIpc) is 3.17. The molecule has 0 spiro atoms. The number of hydrogen-bond acceptors (Lipinski definition) is 7. The van der Waals surface area contributed by atoms with Crippen LogP contribution in [0.1, 0.15) is 42.1 Å². The molecule has 1 saturated heterocycles. The van der Waals surface area contributed by atoms with E-state index in [0.717, 1.165) is 29.5 Å². The van der Waals surface area contributed by atoms with Crippen LogP contribution in [0.15, 0.2) is 16.5 Å². The lowest BCUT2D eigenvalue weighted by molar-refractivity contribution is -0.0782. The second kappa shape index (κ2) is 6.12. The van der Waals surface area contributed by atoms with Crippen molar-refractivity contribution in [3.05, 3.63) is 34.4 Å². The number of fused-ring (bicyclic) bond motifs is 1. The molecule has 1 N–H and O–H groups in total. The molecule has 0 aromatic carbocycles. The van der Waals surface area contributed by atoms with Gasteiger partial charge in [-0.25, -0.2) is 4.98 Å². The minimum atomic E-state index is -0.184. The van der Waals surface area contributed by atoms with Gasteiger partial charge in [0.05, 0.1) is 17.1 Å². The number of ether oxygens (including phenoxy) is 1. The molecule has 1 fully saturated rings. The predicted octanol–water partition coefficient (Wildman–Crippen LogP) is 2.90. The SMILES string of the molecule is Cc1nc2sc(C(c3ccc(C)o3)N3CC(C)OC(C)C3)c(O)n2n1. The number of thiazole rings is 1. The van der Waals surface area contributed by atoms with Gasteiger partial charge in [-0.15, -0.1) is 5.10 Å². The van der Waals surface area contributed by atoms with Gasteiger partial charge in [-0.2, -0.15) is 4.52 Å². The Balaban J connectivity index is 1.81. The molecule has 134 valence electrons. The number of morpholine rings is 1. The first kappa shape index (κ1) is 16.6. The maximum Gasteiger partial charge on any atom is 0.230 e. The maximum atomic E-state index is 10.8. The highest BCUT2D eigenvalue weighted by Crippen LogP contribution is 2.41. The van der Waals surface area contributed by atoms with E-state index in [-0.39, 0.29) is 24.1 Å². The van der Waals surface area contributed by atoms with E-state index in [0.29, 0.717) is 10.8 Å². The molecule has 0 radical (unpaired) electrons. The van der Waals surface area contributed by atoms with E-state index in [9.17, 15) is 5.11 Å². The van der Waals surface area contributed by atoms with E-state index in [4.69, 9.17) is 9.15 Å². The predicted molar refractivity (Wildman–Crippen MR) is 94.1 cm³/mol. The van der Waals surface area contributed by atoms with Crippen LogP contribution in [0.5, 0.6) is 5.88 Å². The molecule has 3 aromatic heterocycles. The Labute approximate surface area is 149 Å². The van der Waals surface area contributed by atoms with Crippen LogP contribution in [-0.4, -0.2) is 49.9 Å². The zero-order chi connectivity index (χ0) is 17.7. The van der Waals surface area contributed by atoms with Gasteiger partial charge in [0.15, 0.2) is 0 Å². The third-order valence-corrected chi connectivity index (χ3v) is 5.47. The Morgan fingerprint density at radius 1 is 1.24 bits per heavy atom. The number of furan rings is 1. The van der Waals surface area contributed by atoms with E-state index in [1.54, 1.807) is 0 Å². The largest absolute Gasteiger partial charge is 0.492 e. The van der Waals surface area contributed by atoms with Gasteiger partial charge >= 0.3 is 0 Å². The molecule has 0 aliphatic carbocycles. The van der Waals surface area contributed by atoms with Crippen molar-refractivity contribution < 1.29 is 14.3 Å². The molecule has 7 nitrogen and oxygen atoms in total. The van der Waals surface area contributed by atoms with E-state index < -0.39 is 0 Å². The first-order chi connectivity index (χ1) is 11.9. The van der Waals surface area contributed by atoms with Crippen LogP contribution in [0.2, 0.25) is 0 Å². The maximum absolute atomic E-state index is 10.8. The van der Waals surface area contributed by atoms with Gasteiger partial charge < -0.3 is 14.3 Å². The van der Waals surface area contributed by atoms with E-state index in [1.807, 2.05) is 26.0 Å². The summed E-state index contributed by atoms with van der Waals surface area (Å²) in [6.07, 6.45) is 0.239. The number of aromatic hydroxyl groups is 1. The monoisotopic (exact) mass is 362 g/mol. The number of rotatable bonds is 3. The topological polar surface area (TPSA) is 76.0 Å². The minimum absolute atomic E-state index is 0.119. The Morgan fingerprint density at radius 2 is 1.96 bits per heavy atom. The third kappa shape index (κ3) is 2.94. The molecular weight excluding hydrogens is 340 g/mol. The smallest absolute Gasteiger partial charge is 0.230 e. The Morgan fingerprint density at radius 3 is 2.56 bits per heavy atom. The lowest BCUT2D eigenvalue weighted by Gasteiger charge is -2.39. The summed E-state index contributed by atoms with van der Waals surface area (Å²) in [5.74, 6) is 2.44. The van der Waals surface area contributed by atoms with Crippen molar-refractivity contribution in [1.29, 1.82) is 0 Å². The van der Waals surface area contributed by atoms with Crippen LogP contribution in [0.25, 0.3) is 4.96 Å². The van der Waals surface area contributed by atoms with Crippen LogP contribution in [-0.2, 0) is 4.74 Å². The fourth-order valence-electron chi connectivity index (χ4n) is 3.53. The van der Waals surface area contributed by atoms with E-state index in [1.165, 1.54) is 15.9 Å². The zero-order valence-corrected chi connectivity index (χ0v) is 15.6. The van der Waals surface area contributed by atoms with E-state index in [2.05, 4.69) is 28.8 Å². The summed E-state index contributed by atoms with van der Waals surface area (Å²) in [5, 5.41) is 15.1. The molecule has 4 heterocycles. The lowest BCUT2D eigenvalue weighted by Crippen LogP contribution is -2.47. The summed E-state index contributed by atoms with van der Waals surface area (Å²) in [4.78, 5) is 8.17. The fraction of sp³-hybridized carbons (Fsp3) is 0.529. The van der Waals surface area contributed by atoms with Crippen LogP contribution < -0.4 is 0 Å². The summed E-state index contributed by atoms with van der Waals surface area (Å²) in [7, 11) is 0. The molecular formula is C17H22N4O3S. The van der Waals surface area contributed by atoms with Crippen molar-refractivity contribution in [1.82, 2.24) is 19.5 Å². The Kier molecular flexibility index (Phi) is 4.05. The summed E-state index contributed by atoms with van der Waals surface area (Å²) in [6.45, 7) is 9.41. The average molecular weight is 362 g/mol. The number of hydrogen-bond donors (Lipinski definition) is 1. The lowest BCUT2D eigenvalue weighted by atomic mass is 10.1. The van der Waals surface area contributed by atoms with Crippen LogP contribution >= 0.6 is 11.3 Å². The summed E-state index contributed by atoms with van der Waals surface area (Å²) >= 11 is 1.45. The van der Waals surface area contributed by atoms with Crippen LogP contribution in [0.4, 0.5) is 0 Å². The molecule has 4 rings (SSSR count). The zero-order valence-electron chi connectivity index (χ0n) is 14.8. The Bertz CT molecular complexity index is 889. The summed E-state index contributed by atoms with van der Waals surface area (Å²) in [6, 6.07) is 3.75. The molecule has 3 aromatic rings. The van der Waals surface area contributed by atoms with Gasteiger partial charge in [-0.3, -0.25) is 4.90 Å². The normalized spacial score (nSPS) is 23.4. The Hall–Kier alpha value is -1.90. The second-order valence-corrected chi connectivity index (χ2v) is 7.71. The molecule has 3 atom stereocenters. The van der Waals surface area contributed by atoms with Gasteiger partial charge in [-0.05, 0) is 39.8 Å². The standard InChI is InChI=1S/C17H22N4O3S/c1-9-5-6-13(24-9)14(20-7-10(2)23-11(3)8-20)15-16(22)21-17(25-15)18-12(4)19-21/h5-6,10-11,14,22H,7-8H2,1-4H3. The van der Waals surface area contributed by atoms with Gasteiger partial charge in [0.2, 0.25) is 10.8 Å². The van der Waals surface area contributed by atoms with Gasteiger partial charge in [-0.1, -0.05) is 11.3 Å². The molecule has 0 saturated carbocycles. The van der Waals surface area contributed by atoms with Crippen molar-refractivity contribution in [3.8, 4) is 5.88 Å². The molecule has 0 amide bonds. The first-order valence-corrected chi connectivity index (χ1v) is 9.25. The molecule has 8 heteroatoms. The van der Waals surface area contributed by atoms with Crippen molar-refractivity contribution in [3.63, 3.8) is 0 Å². The van der Waals surface area contributed by atoms with Crippen LogP contribution in [0.3, 0.4) is 0 Å². The fourth-order valence-corrected chi connectivity index (χ4v) is 4.67. The third-order valence-electron chi connectivity index (χ3n) is 4.40. The van der Waals surface area contributed by atoms with Crippen LogP contribution in [0, 0.1) is 13.8 Å². The number of nitrogens with zero attached hydrogens (tertiary/aromatic N) is 4. The molecule has 1 aliphatic rings. The summed E-state index contributed by atoms with van der Waals surface area (Å²) in [5.41, 5.74) is 0. The van der Waals surface area contributed by atoms with Crippen molar-refractivity contribution in [2.75, 3.05) is 13.1 Å². The highest BCUT2D eigenvalue weighted by Gasteiger charge is 2.35.